The minimum absolute atomic E-state index is 0.0131. The van der Waals surface area contributed by atoms with Crippen LogP contribution in [0.5, 0.6) is 0 Å². The van der Waals surface area contributed by atoms with Gasteiger partial charge in [0.2, 0.25) is 0 Å². The van der Waals surface area contributed by atoms with Crippen LogP contribution in [0.4, 0.5) is 10.1 Å². The van der Waals surface area contributed by atoms with Gasteiger partial charge in [-0.05, 0) is 24.5 Å². The zero-order valence-corrected chi connectivity index (χ0v) is 13.0. The molecule has 0 aliphatic rings. The van der Waals surface area contributed by atoms with E-state index in [0.717, 1.165) is 11.8 Å². The predicted octanol–water partition coefficient (Wildman–Crippen LogP) is 4.20. The molecule has 0 saturated heterocycles. The Hall–Kier alpha value is -1.50. The summed E-state index contributed by atoms with van der Waals surface area (Å²) in [6.07, 6.45) is 1.68. The third kappa shape index (κ3) is 2.92. The van der Waals surface area contributed by atoms with Crippen molar-refractivity contribution in [3.8, 4) is 11.3 Å². The minimum Gasteiger partial charge on any atom is -0.476 e. The summed E-state index contributed by atoms with van der Waals surface area (Å²) < 4.78 is 14.4. The Morgan fingerprint density at radius 1 is 1.43 bits per heavy atom. The highest BCUT2D eigenvalue weighted by Crippen LogP contribution is 2.36. The number of carbonyl (C=O) groups is 1. The summed E-state index contributed by atoms with van der Waals surface area (Å²) in [5.74, 6) is -1.92. The minimum atomic E-state index is -1.34. The molecule has 0 bridgehead atoms. The second kappa shape index (κ2) is 6.09. The lowest BCUT2D eigenvalue weighted by molar-refractivity contribution is 0.0691. The molecule has 0 unspecified atom stereocenters. The van der Waals surface area contributed by atoms with Gasteiger partial charge in [0.05, 0.1) is 26.3 Å². The monoisotopic (exact) mass is 346 g/mol. The van der Waals surface area contributed by atoms with Gasteiger partial charge in [0.1, 0.15) is 5.82 Å². The highest BCUT2D eigenvalue weighted by molar-refractivity contribution is 7.98. The van der Waals surface area contributed by atoms with Crippen LogP contribution < -0.4 is 5.73 Å². The normalized spacial score (nSPS) is 10.7. The van der Waals surface area contributed by atoms with Gasteiger partial charge in [-0.25, -0.2) is 14.2 Å². The summed E-state index contributed by atoms with van der Waals surface area (Å²) in [7, 11) is 0. The number of thioether (sulfide) groups is 1. The summed E-state index contributed by atoms with van der Waals surface area (Å²) >= 11 is 12.8. The van der Waals surface area contributed by atoms with Gasteiger partial charge < -0.3 is 10.8 Å². The van der Waals surface area contributed by atoms with Crippen molar-refractivity contribution >= 4 is 46.6 Å². The fourth-order valence-corrected chi connectivity index (χ4v) is 2.85. The number of hydrogen-bond donors (Lipinski definition) is 2. The van der Waals surface area contributed by atoms with Crippen LogP contribution in [0.3, 0.4) is 0 Å². The summed E-state index contributed by atoms with van der Waals surface area (Å²) in [6.45, 7) is 0. The van der Waals surface area contributed by atoms with Crippen molar-refractivity contribution in [1.29, 1.82) is 0 Å². The van der Waals surface area contributed by atoms with Crippen LogP contribution in [0, 0.1) is 5.82 Å². The van der Waals surface area contributed by atoms with E-state index in [1.807, 2.05) is 0 Å². The molecule has 0 aliphatic carbocycles. The number of nitrogens with zero attached hydrogens (tertiary/aromatic N) is 1. The number of benzene rings is 1. The van der Waals surface area contributed by atoms with Gasteiger partial charge in [0.25, 0.3) is 0 Å². The van der Waals surface area contributed by atoms with E-state index < -0.39 is 17.5 Å². The highest BCUT2D eigenvalue weighted by atomic mass is 35.5. The molecule has 2 aromatic rings. The SMILES string of the molecule is CSc1c(Cl)ccc(-c2cc(N)c(Cl)c(C(=O)O)n2)c1F. The lowest BCUT2D eigenvalue weighted by Crippen LogP contribution is -2.06. The molecule has 1 aromatic heterocycles. The number of hydrogen-bond acceptors (Lipinski definition) is 4. The predicted molar refractivity (Wildman–Crippen MR) is 82.8 cm³/mol. The first-order valence-electron chi connectivity index (χ1n) is 5.58. The maximum absolute atomic E-state index is 14.4. The Morgan fingerprint density at radius 3 is 2.67 bits per heavy atom. The van der Waals surface area contributed by atoms with Crippen LogP contribution in [0.15, 0.2) is 23.1 Å². The van der Waals surface area contributed by atoms with Crippen LogP contribution >= 0.6 is 35.0 Å². The average Bonchev–Trinajstić information content (AvgIpc) is 2.42. The average molecular weight is 347 g/mol. The molecular weight excluding hydrogens is 338 g/mol. The van der Waals surface area contributed by atoms with E-state index in [0.29, 0.717) is 0 Å². The quantitative estimate of drug-likeness (QED) is 0.814. The lowest BCUT2D eigenvalue weighted by Gasteiger charge is -2.10. The Labute approximate surface area is 134 Å². The lowest BCUT2D eigenvalue weighted by atomic mass is 10.1. The Balaban J connectivity index is 2.71. The molecule has 0 radical (unpaired) electrons. The standard InChI is InChI=1S/C13H9Cl2FN2O2S/c1-21-12-6(14)3-2-5(10(12)16)8-4-7(17)9(15)11(18-8)13(19)20/h2-4H,1H3,(H2,17,18)(H,19,20). The largest absolute Gasteiger partial charge is 0.476 e. The molecule has 0 saturated carbocycles. The number of rotatable bonds is 3. The van der Waals surface area contributed by atoms with Gasteiger partial charge in [0.15, 0.2) is 5.69 Å². The number of halogens is 3. The first kappa shape index (κ1) is 15.9. The molecular formula is C13H9Cl2FN2O2S. The Kier molecular flexibility index (Phi) is 4.61. The molecule has 8 heteroatoms. The van der Waals surface area contributed by atoms with Crippen molar-refractivity contribution in [3.63, 3.8) is 0 Å². The van der Waals surface area contributed by atoms with E-state index in [2.05, 4.69) is 4.98 Å². The zero-order chi connectivity index (χ0) is 15.7. The highest BCUT2D eigenvalue weighted by Gasteiger charge is 2.19. The van der Waals surface area contributed by atoms with E-state index in [4.69, 9.17) is 34.0 Å². The van der Waals surface area contributed by atoms with Crippen molar-refractivity contribution in [1.82, 2.24) is 4.98 Å². The first-order chi connectivity index (χ1) is 9.86. The number of aromatic nitrogens is 1. The number of carboxylic acids is 1. The first-order valence-corrected chi connectivity index (χ1v) is 7.56. The third-order valence-electron chi connectivity index (χ3n) is 2.72. The summed E-state index contributed by atoms with van der Waals surface area (Å²) in [5, 5.41) is 9.15. The van der Waals surface area contributed by atoms with E-state index in [1.165, 1.54) is 18.2 Å². The Bertz CT molecular complexity index is 741. The van der Waals surface area contributed by atoms with Crippen LogP contribution in [0.25, 0.3) is 11.3 Å². The number of aromatic carboxylic acids is 1. The number of nitrogens with two attached hydrogens (primary N) is 1. The zero-order valence-electron chi connectivity index (χ0n) is 10.7. The molecule has 1 heterocycles. The molecule has 0 fully saturated rings. The van der Waals surface area contributed by atoms with Crippen LogP contribution in [-0.2, 0) is 0 Å². The van der Waals surface area contributed by atoms with Crippen molar-refractivity contribution in [2.45, 2.75) is 4.90 Å². The van der Waals surface area contributed by atoms with Crippen LogP contribution in [-0.4, -0.2) is 22.3 Å². The number of anilines is 1. The molecule has 110 valence electrons. The molecule has 2 rings (SSSR count). The van der Waals surface area contributed by atoms with Crippen molar-refractivity contribution in [2.75, 3.05) is 12.0 Å². The smallest absolute Gasteiger partial charge is 0.356 e. The fraction of sp³-hybridized carbons (Fsp3) is 0.0769. The van der Waals surface area contributed by atoms with E-state index in [-0.39, 0.29) is 31.9 Å². The maximum Gasteiger partial charge on any atom is 0.356 e. The molecule has 1 aromatic carbocycles. The van der Waals surface area contributed by atoms with E-state index in [9.17, 15) is 9.18 Å². The van der Waals surface area contributed by atoms with Gasteiger partial charge in [-0.2, -0.15) is 0 Å². The number of nitrogen functional groups attached to an aromatic ring is 1. The van der Waals surface area contributed by atoms with E-state index in [1.54, 1.807) is 6.26 Å². The van der Waals surface area contributed by atoms with Gasteiger partial charge in [-0.3, -0.25) is 0 Å². The van der Waals surface area contributed by atoms with Crippen LogP contribution in [0.1, 0.15) is 10.5 Å². The summed E-state index contributed by atoms with van der Waals surface area (Å²) in [4.78, 5) is 15.2. The maximum atomic E-state index is 14.4. The van der Waals surface area contributed by atoms with Crippen LogP contribution in [0.2, 0.25) is 10.0 Å². The van der Waals surface area contributed by atoms with Gasteiger partial charge in [-0.15, -0.1) is 11.8 Å². The Morgan fingerprint density at radius 2 is 2.10 bits per heavy atom. The van der Waals surface area contributed by atoms with Crippen molar-refractivity contribution in [3.05, 3.63) is 39.8 Å². The molecule has 0 atom stereocenters. The van der Waals surface area contributed by atoms with Gasteiger partial charge in [-0.1, -0.05) is 23.2 Å². The molecule has 4 nitrogen and oxygen atoms in total. The molecule has 0 amide bonds. The molecule has 3 N–H and O–H groups in total. The summed E-state index contributed by atoms with van der Waals surface area (Å²) in [5.41, 5.74) is 5.44. The molecule has 0 spiro atoms. The molecule has 0 aliphatic heterocycles. The number of carboxylic acid groups (broad SMARTS) is 1. The third-order valence-corrected chi connectivity index (χ3v) is 4.35. The molecule has 21 heavy (non-hydrogen) atoms. The van der Waals surface area contributed by atoms with Gasteiger partial charge >= 0.3 is 5.97 Å². The van der Waals surface area contributed by atoms with E-state index >= 15 is 0 Å². The fourth-order valence-electron chi connectivity index (χ4n) is 1.75. The second-order valence-electron chi connectivity index (χ2n) is 4.01. The topological polar surface area (TPSA) is 76.2 Å². The summed E-state index contributed by atoms with van der Waals surface area (Å²) in [6, 6.07) is 4.25. The number of pyridine rings is 1. The van der Waals surface area contributed by atoms with Crippen molar-refractivity contribution in [2.24, 2.45) is 0 Å². The second-order valence-corrected chi connectivity index (χ2v) is 5.61. The van der Waals surface area contributed by atoms with Crippen molar-refractivity contribution < 1.29 is 14.3 Å². The van der Waals surface area contributed by atoms with Gasteiger partial charge in [0, 0.05) is 5.56 Å².